The van der Waals surface area contributed by atoms with Crippen LogP contribution in [0.15, 0.2) is 29.2 Å². The summed E-state index contributed by atoms with van der Waals surface area (Å²) in [6, 6.07) is 7.41. The van der Waals surface area contributed by atoms with E-state index < -0.39 is 0 Å². The molecule has 0 aromatic heterocycles. The Morgan fingerprint density at radius 2 is 2.17 bits per heavy atom. The lowest BCUT2D eigenvalue weighted by atomic mass is 10.2. The lowest BCUT2D eigenvalue weighted by molar-refractivity contribution is -0.116. The van der Waals surface area contributed by atoms with Crippen molar-refractivity contribution in [2.45, 2.75) is 31.1 Å². The first kappa shape index (κ1) is 14.6. The first-order valence-electron chi connectivity index (χ1n) is 5.93. The molecule has 98 valence electrons. The summed E-state index contributed by atoms with van der Waals surface area (Å²) in [5, 5.41) is 2.84. The molecule has 1 aromatic carbocycles. The van der Waals surface area contributed by atoms with Crippen LogP contribution in [0.4, 0.5) is 5.69 Å². The molecule has 0 atom stereocenters. The van der Waals surface area contributed by atoms with Crippen LogP contribution in [0.2, 0.25) is 0 Å². The molecule has 4 nitrogen and oxygen atoms in total. The zero-order valence-corrected chi connectivity index (χ0v) is 11.3. The molecule has 2 amide bonds. The number of benzene rings is 1. The zero-order valence-electron chi connectivity index (χ0n) is 10.4. The summed E-state index contributed by atoms with van der Waals surface area (Å²) in [5.41, 5.74) is 5.84. The largest absolute Gasteiger partial charge is 0.369 e. The molecule has 0 heterocycles. The van der Waals surface area contributed by atoms with Gasteiger partial charge in [0.1, 0.15) is 0 Å². The molecule has 0 radical (unpaired) electrons. The van der Waals surface area contributed by atoms with Gasteiger partial charge in [0.25, 0.3) is 0 Å². The summed E-state index contributed by atoms with van der Waals surface area (Å²) in [7, 11) is 0. The second-order valence-electron chi connectivity index (χ2n) is 3.93. The topological polar surface area (TPSA) is 72.2 Å². The molecular formula is C13H18N2O2S. The van der Waals surface area contributed by atoms with Gasteiger partial charge in [-0.3, -0.25) is 9.59 Å². The van der Waals surface area contributed by atoms with Crippen LogP contribution in [-0.4, -0.2) is 17.6 Å². The van der Waals surface area contributed by atoms with Crippen molar-refractivity contribution in [3.63, 3.8) is 0 Å². The summed E-state index contributed by atoms with van der Waals surface area (Å²) in [6.07, 6.45) is 2.43. The van der Waals surface area contributed by atoms with Crippen LogP contribution in [0.3, 0.4) is 0 Å². The Bertz CT molecular complexity index is 421. The maximum Gasteiger partial charge on any atom is 0.227 e. The monoisotopic (exact) mass is 266 g/mol. The first-order valence-corrected chi connectivity index (χ1v) is 6.91. The molecule has 0 bridgehead atoms. The van der Waals surface area contributed by atoms with Crippen LogP contribution in [0, 0.1) is 0 Å². The van der Waals surface area contributed by atoms with Crippen molar-refractivity contribution in [1.82, 2.24) is 0 Å². The summed E-state index contributed by atoms with van der Waals surface area (Å²) in [5.74, 6) is -0.0842. The van der Waals surface area contributed by atoms with Gasteiger partial charge in [-0.25, -0.2) is 0 Å². The number of carbonyl (C=O) groups excluding carboxylic acids is 2. The van der Waals surface area contributed by atoms with Crippen molar-refractivity contribution in [3.05, 3.63) is 24.3 Å². The highest BCUT2D eigenvalue weighted by Gasteiger charge is 2.03. The van der Waals surface area contributed by atoms with E-state index in [0.717, 1.165) is 23.4 Å². The number of carbonyl (C=O) groups is 2. The molecule has 1 rings (SSSR count). The SMILES string of the molecule is CCCCC(=O)Nc1cccc(SCC(N)=O)c1. The summed E-state index contributed by atoms with van der Waals surface area (Å²) >= 11 is 1.36. The fourth-order valence-electron chi connectivity index (χ4n) is 1.38. The molecule has 0 fully saturated rings. The zero-order chi connectivity index (χ0) is 13.4. The van der Waals surface area contributed by atoms with Crippen molar-refractivity contribution in [2.75, 3.05) is 11.1 Å². The Labute approximate surface area is 111 Å². The molecule has 5 heteroatoms. The highest BCUT2D eigenvalue weighted by molar-refractivity contribution is 8.00. The van der Waals surface area contributed by atoms with E-state index in [9.17, 15) is 9.59 Å². The van der Waals surface area contributed by atoms with Gasteiger partial charge in [-0.1, -0.05) is 19.4 Å². The fraction of sp³-hybridized carbons (Fsp3) is 0.385. The summed E-state index contributed by atoms with van der Waals surface area (Å²) < 4.78 is 0. The number of primary amides is 1. The summed E-state index contributed by atoms with van der Waals surface area (Å²) in [6.45, 7) is 2.05. The first-order chi connectivity index (χ1) is 8.61. The van der Waals surface area contributed by atoms with Crippen LogP contribution in [0.25, 0.3) is 0 Å². The highest BCUT2D eigenvalue weighted by Crippen LogP contribution is 2.21. The van der Waals surface area contributed by atoms with Gasteiger partial charge in [-0.05, 0) is 24.6 Å². The fourth-order valence-corrected chi connectivity index (χ4v) is 2.07. The Balaban J connectivity index is 2.53. The second-order valence-corrected chi connectivity index (χ2v) is 4.98. The number of thioether (sulfide) groups is 1. The standard InChI is InChI=1S/C13H18N2O2S/c1-2-3-7-13(17)15-10-5-4-6-11(8-10)18-9-12(14)16/h4-6,8H,2-3,7,9H2,1H3,(H2,14,16)(H,15,17). The average Bonchev–Trinajstić information content (AvgIpc) is 2.34. The third kappa shape index (κ3) is 5.72. The number of nitrogens with one attached hydrogen (secondary N) is 1. The average molecular weight is 266 g/mol. The Kier molecular flexibility index (Phi) is 6.28. The van der Waals surface area contributed by atoms with Gasteiger partial charge in [-0.2, -0.15) is 0 Å². The molecule has 0 aliphatic heterocycles. The number of unbranched alkanes of at least 4 members (excludes halogenated alkanes) is 1. The van der Waals surface area contributed by atoms with Gasteiger partial charge in [0.2, 0.25) is 11.8 Å². The molecule has 0 aliphatic carbocycles. The van der Waals surface area contributed by atoms with Gasteiger partial charge >= 0.3 is 0 Å². The van der Waals surface area contributed by atoms with E-state index >= 15 is 0 Å². The van der Waals surface area contributed by atoms with Gasteiger partial charge in [0.15, 0.2) is 0 Å². The van der Waals surface area contributed by atoms with E-state index in [1.807, 2.05) is 31.2 Å². The second kappa shape index (κ2) is 7.76. The minimum absolute atomic E-state index is 0.0221. The Hall–Kier alpha value is -1.49. The van der Waals surface area contributed by atoms with E-state index in [2.05, 4.69) is 5.32 Å². The van der Waals surface area contributed by atoms with Crippen LogP contribution < -0.4 is 11.1 Å². The number of hydrogen-bond acceptors (Lipinski definition) is 3. The van der Waals surface area contributed by atoms with Crippen molar-refractivity contribution in [1.29, 1.82) is 0 Å². The normalized spacial score (nSPS) is 10.1. The third-order valence-electron chi connectivity index (χ3n) is 2.26. The van der Waals surface area contributed by atoms with Gasteiger partial charge < -0.3 is 11.1 Å². The molecule has 0 unspecified atom stereocenters. The number of rotatable bonds is 7. The number of amides is 2. The van der Waals surface area contributed by atoms with Gasteiger partial charge in [0.05, 0.1) is 5.75 Å². The van der Waals surface area contributed by atoms with Crippen LogP contribution in [0.5, 0.6) is 0 Å². The minimum Gasteiger partial charge on any atom is -0.369 e. The minimum atomic E-state index is -0.350. The van der Waals surface area contributed by atoms with E-state index in [0.29, 0.717) is 6.42 Å². The molecule has 0 saturated carbocycles. The lowest BCUT2D eigenvalue weighted by Crippen LogP contribution is -2.13. The molecule has 0 aliphatic rings. The van der Waals surface area contributed by atoms with Gasteiger partial charge in [-0.15, -0.1) is 11.8 Å². The van der Waals surface area contributed by atoms with Crippen LogP contribution in [-0.2, 0) is 9.59 Å². The van der Waals surface area contributed by atoms with E-state index in [4.69, 9.17) is 5.73 Å². The maximum absolute atomic E-state index is 11.6. The number of anilines is 1. The van der Waals surface area contributed by atoms with Crippen molar-refractivity contribution in [3.8, 4) is 0 Å². The van der Waals surface area contributed by atoms with Gasteiger partial charge in [0, 0.05) is 17.0 Å². The molecule has 18 heavy (non-hydrogen) atoms. The molecule has 0 spiro atoms. The van der Waals surface area contributed by atoms with E-state index in [-0.39, 0.29) is 17.6 Å². The number of hydrogen-bond donors (Lipinski definition) is 2. The van der Waals surface area contributed by atoms with Crippen LogP contribution in [0.1, 0.15) is 26.2 Å². The quantitative estimate of drug-likeness (QED) is 0.744. The smallest absolute Gasteiger partial charge is 0.227 e. The Morgan fingerprint density at radius 1 is 1.39 bits per heavy atom. The van der Waals surface area contributed by atoms with Crippen molar-refractivity contribution >= 4 is 29.3 Å². The molecule has 1 aromatic rings. The maximum atomic E-state index is 11.6. The molecule has 3 N–H and O–H groups in total. The Morgan fingerprint density at radius 3 is 2.83 bits per heavy atom. The molecular weight excluding hydrogens is 248 g/mol. The number of nitrogens with two attached hydrogens (primary N) is 1. The van der Waals surface area contributed by atoms with Crippen LogP contribution >= 0.6 is 11.8 Å². The van der Waals surface area contributed by atoms with Crippen molar-refractivity contribution < 1.29 is 9.59 Å². The van der Waals surface area contributed by atoms with E-state index in [1.54, 1.807) is 0 Å². The summed E-state index contributed by atoms with van der Waals surface area (Å²) in [4.78, 5) is 23.2. The third-order valence-corrected chi connectivity index (χ3v) is 3.27. The lowest BCUT2D eigenvalue weighted by Gasteiger charge is -2.06. The predicted octanol–water partition coefficient (Wildman–Crippen LogP) is 2.39. The molecule has 0 saturated heterocycles. The predicted molar refractivity (Wildman–Crippen MR) is 74.5 cm³/mol. The highest BCUT2D eigenvalue weighted by atomic mass is 32.2. The van der Waals surface area contributed by atoms with E-state index in [1.165, 1.54) is 11.8 Å². The van der Waals surface area contributed by atoms with Crippen molar-refractivity contribution in [2.24, 2.45) is 5.73 Å².